The smallest absolute Gasteiger partial charge is 0.407 e. The van der Waals surface area contributed by atoms with Crippen molar-refractivity contribution in [1.82, 2.24) is 10.6 Å². The van der Waals surface area contributed by atoms with Gasteiger partial charge in [-0.05, 0) is 35.1 Å². The third-order valence-electron chi connectivity index (χ3n) is 5.93. The van der Waals surface area contributed by atoms with Gasteiger partial charge in [0.2, 0.25) is 5.91 Å². The third kappa shape index (κ3) is 6.12. The number of ether oxygens (including phenoxy) is 1. The first-order valence-electron chi connectivity index (χ1n) is 11.6. The number of aliphatic carboxylic acids is 1. The number of carbonyl (C=O) groups is 3. The van der Waals surface area contributed by atoms with Gasteiger partial charge in [0.1, 0.15) is 12.6 Å². The minimum atomic E-state index is -0.967. The highest BCUT2D eigenvalue weighted by molar-refractivity contribution is 5.86. The van der Waals surface area contributed by atoms with E-state index in [-0.39, 0.29) is 24.9 Å². The van der Waals surface area contributed by atoms with E-state index < -0.39 is 24.1 Å². The molecule has 7 heteroatoms. The molecule has 2 aromatic carbocycles. The lowest BCUT2D eigenvalue weighted by Crippen LogP contribution is -2.50. The molecule has 2 atom stereocenters. The molecule has 0 aliphatic heterocycles. The van der Waals surface area contributed by atoms with Crippen molar-refractivity contribution in [3.05, 3.63) is 59.7 Å². The molecule has 1 unspecified atom stereocenters. The largest absolute Gasteiger partial charge is 0.481 e. The fourth-order valence-corrected chi connectivity index (χ4v) is 4.43. The standard InChI is InChI=1S/C26H32N2O5/c1-3-9-17(15-24(29)30)27-25(31)23(10-4-2)28-26(32)33-16-22-20-13-7-5-11-18(20)19-12-6-8-14-21(19)22/h5-8,11-14,17,22-23H,3-4,9-10,15-16H2,1-2H3,(H,27,31)(H,28,32)(H,29,30)/t17-,23?/m0/s1. The summed E-state index contributed by atoms with van der Waals surface area (Å²) in [7, 11) is 0. The molecule has 0 fully saturated rings. The van der Waals surface area contributed by atoms with E-state index in [0.29, 0.717) is 19.3 Å². The zero-order valence-electron chi connectivity index (χ0n) is 19.2. The van der Waals surface area contributed by atoms with Gasteiger partial charge in [-0.1, -0.05) is 75.2 Å². The SMILES string of the molecule is CCCC(NC(=O)OCC1c2ccccc2-c2ccccc21)C(=O)N[C@@H](CCC)CC(=O)O. The quantitative estimate of drug-likeness (QED) is 0.467. The third-order valence-corrected chi connectivity index (χ3v) is 5.93. The number of carbonyl (C=O) groups excluding carboxylic acids is 2. The topological polar surface area (TPSA) is 105 Å². The molecule has 0 saturated heterocycles. The van der Waals surface area contributed by atoms with Crippen molar-refractivity contribution in [1.29, 1.82) is 0 Å². The Hall–Kier alpha value is -3.35. The van der Waals surface area contributed by atoms with Gasteiger partial charge in [0.15, 0.2) is 0 Å². The Morgan fingerprint density at radius 2 is 1.48 bits per heavy atom. The number of carboxylic acid groups (broad SMARTS) is 1. The van der Waals surface area contributed by atoms with Crippen LogP contribution in [0.5, 0.6) is 0 Å². The van der Waals surface area contributed by atoms with E-state index in [2.05, 4.69) is 22.8 Å². The fraction of sp³-hybridized carbons (Fsp3) is 0.423. The minimum Gasteiger partial charge on any atom is -0.481 e. The Morgan fingerprint density at radius 1 is 0.909 bits per heavy atom. The lowest BCUT2D eigenvalue weighted by molar-refractivity contribution is -0.137. The maximum absolute atomic E-state index is 12.7. The van der Waals surface area contributed by atoms with E-state index in [9.17, 15) is 14.4 Å². The number of alkyl carbamates (subject to hydrolysis) is 1. The molecule has 0 spiro atoms. The molecule has 176 valence electrons. The van der Waals surface area contributed by atoms with E-state index in [1.54, 1.807) is 0 Å². The molecule has 7 nitrogen and oxygen atoms in total. The maximum atomic E-state index is 12.7. The van der Waals surface area contributed by atoms with Crippen LogP contribution in [0.1, 0.15) is 63.0 Å². The van der Waals surface area contributed by atoms with Crippen LogP contribution in [0.2, 0.25) is 0 Å². The van der Waals surface area contributed by atoms with Gasteiger partial charge in [-0.3, -0.25) is 9.59 Å². The van der Waals surface area contributed by atoms with Crippen LogP contribution in [0.4, 0.5) is 4.79 Å². The van der Waals surface area contributed by atoms with Crippen molar-refractivity contribution < 1.29 is 24.2 Å². The van der Waals surface area contributed by atoms with Crippen LogP contribution in [0.15, 0.2) is 48.5 Å². The first-order valence-corrected chi connectivity index (χ1v) is 11.6. The number of rotatable bonds is 11. The lowest BCUT2D eigenvalue weighted by Gasteiger charge is -2.22. The van der Waals surface area contributed by atoms with E-state index in [1.165, 1.54) is 0 Å². The summed E-state index contributed by atoms with van der Waals surface area (Å²) in [5, 5.41) is 14.5. The van der Waals surface area contributed by atoms with Gasteiger partial charge < -0.3 is 20.5 Å². The number of hydrogen-bond acceptors (Lipinski definition) is 4. The summed E-state index contributed by atoms with van der Waals surface area (Å²) in [6.07, 6.45) is 1.61. The number of hydrogen-bond donors (Lipinski definition) is 3. The number of carboxylic acids is 1. The number of nitrogens with one attached hydrogen (secondary N) is 2. The van der Waals surface area contributed by atoms with E-state index in [0.717, 1.165) is 28.7 Å². The molecule has 1 aliphatic rings. The van der Waals surface area contributed by atoms with Gasteiger partial charge in [0, 0.05) is 12.0 Å². The summed E-state index contributed by atoms with van der Waals surface area (Å²) in [5.74, 6) is -1.42. The molecule has 0 radical (unpaired) electrons. The zero-order chi connectivity index (χ0) is 23.8. The average molecular weight is 453 g/mol. The molecule has 3 rings (SSSR count). The Bertz CT molecular complexity index is 945. The van der Waals surface area contributed by atoms with Crippen LogP contribution >= 0.6 is 0 Å². The number of benzene rings is 2. The van der Waals surface area contributed by atoms with E-state index >= 15 is 0 Å². The Kier molecular flexibility index (Phi) is 8.46. The van der Waals surface area contributed by atoms with Crippen LogP contribution in [0.25, 0.3) is 11.1 Å². The summed E-state index contributed by atoms with van der Waals surface area (Å²) >= 11 is 0. The highest BCUT2D eigenvalue weighted by Crippen LogP contribution is 2.44. The molecule has 0 bridgehead atoms. The van der Waals surface area contributed by atoms with Gasteiger partial charge in [0.25, 0.3) is 0 Å². The lowest BCUT2D eigenvalue weighted by atomic mass is 9.98. The maximum Gasteiger partial charge on any atom is 0.407 e. The van der Waals surface area contributed by atoms with E-state index in [1.807, 2.05) is 50.2 Å². The van der Waals surface area contributed by atoms with Gasteiger partial charge >= 0.3 is 12.1 Å². The molecular formula is C26H32N2O5. The second kappa shape index (κ2) is 11.5. The number of fused-ring (bicyclic) bond motifs is 3. The molecule has 2 amide bonds. The summed E-state index contributed by atoms with van der Waals surface area (Å²) in [4.78, 5) is 36.4. The first-order chi connectivity index (χ1) is 15.9. The average Bonchev–Trinajstić information content (AvgIpc) is 3.11. The van der Waals surface area contributed by atoms with Crippen molar-refractivity contribution in [2.24, 2.45) is 0 Å². The highest BCUT2D eigenvalue weighted by atomic mass is 16.5. The first kappa shape index (κ1) is 24.3. The predicted molar refractivity (Wildman–Crippen MR) is 126 cm³/mol. The van der Waals surface area contributed by atoms with Crippen LogP contribution in [-0.2, 0) is 14.3 Å². The van der Waals surface area contributed by atoms with Crippen LogP contribution in [-0.4, -0.2) is 41.8 Å². The number of amides is 2. The Labute approximate surface area is 194 Å². The van der Waals surface area contributed by atoms with Crippen LogP contribution in [0, 0.1) is 0 Å². The highest BCUT2D eigenvalue weighted by Gasteiger charge is 2.30. The molecule has 33 heavy (non-hydrogen) atoms. The van der Waals surface area contributed by atoms with Gasteiger partial charge in [-0.2, -0.15) is 0 Å². The molecule has 1 aliphatic carbocycles. The summed E-state index contributed by atoms with van der Waals surface area (Å²) in [5.41, 5.74) is 4.52. The summed E-state index contributed by atoms with van der Waals surface area (Å²) in [6, 6.07) is 14.9. The van der Waals surface area contributed by atoms with Crippen molar-refractivity contribution >= 4 is 18.0 Å². The van der Waals surface area contributed by atoms with Crippen molar-refractivity contribution in [2.75, 3.05) is 6.61 Å². The predicted octanol–water partition coefficient (Wildman–Crippen LogP) is 4.45. The Morgan fingerprint density at radius 3 is 2.03 bits per heavy atom. The molecule has 0 saturated carbocycles. The fourth-order valence-electron chi connectivity index (χ4n) is 4.43. The minimum absolute atomic E-state index is 0.0638. The van der Waals surface area contributed by atoms with Gasteiger partial charge in [0.05, 0.1) is 6.42 Å². The van der Waals surface area contributed by atoms with Crippen LogP contribution < -0.4 is 10.6 Å². The summed E-state index contributed by atoms with van der Waals surface area (Å²) in [6.45, 7) is 4.01. The molecule has 0 aromatic heterocycles. The molecule has 3 N–H and O–H groups in total. The Balaban J connectivity index is 1.62. The normalized spacial score (nSPS) is 14.0. The van der Waals surface area contributed by atoms with Gasteiger partial charge in [-0.25, -0.2) is 4.79 Å². The monoisotopic (exact) mass is 452 g/mol. The van der Waals surface area contributed by atoms with Crippen LogP contribution in [0.3, 0.4) is 0 Å². The van der Waals surface area contributed by atoms with E-state index in [4.69, 9.17) is 9.84 Å². The van der Waals surface area contributed by atoms with Crippen molar-refractivity contribution in [3.63, 3.8) is 0 Å². The molecule has 2 aromatic rings. The summed E-state index contributed by atoms with van der Waals surface area (Å²) < 4.78 is 5.56. The molecular weight excluding hydrogens is 420 g/mol. The molecule has 0 heterocycles. The van der Waals surface area contributed by atoms with Gasteiger partial charge in [-0.15, -0.1) is 0 Å². The van der Waals surface area contributed by atoms with Crippen molar-refractivity contribution in [2.45, 2.75) is 64.0 Å². The second-order valence-electron chi connectivity index (χ2n) is 8.40. The zero-order valence-corrected chi connectivity index (χ0v) is 19.2. The van der Waals surface area contributed by atoms with Crippen molar-refractivity contribution in [3.8, 4) is 11.1 Å². The second-order valence-corrected chi connectivity index (χ2v) is 8.40.